The number of hydrogen-bond donors (Lipinski definition) is 1. The zero-order chi connectivity index (χ0) is 17.1. The van der Waals surface area contributed by atoms with Crippen molar-refractivity contribution in [1.29, 1.82) is 5.26 Å². The van der Waals surface area contributed by atoms with Gasteiger partial charge in [0.1, 0.15) is 11.0 Å². The first-order valence-corrected chi connectivity index (χ1v) is 7.86. The number of halogens is 1. The second-order valence-corrected chi connectivity index (χ2v) is 6.22. The molecule has 0 aliphatic rings. The molecule has 0 bridgehead atoms. The molecule has 1 aromatic carbocycles. The first kappa shape index (κ1) is 17.1. The van der Waals surface area contributed by atoms with Crippen molar-refractivity contribution in [3.63, 3.8) is 0 Å². The van der Waals surface area contributed by atoms with E-state index in [2.05, 4.69) is 20.9 Å². The molecule has 0 unspecified atom stereocenters. The lowest BCUT2D eigenvalue weighted by Gasteiger charge is -2.07. The average molecular weight is 395 g/mol. The molecule has 23 heavy (non-hydrogen) atoms. The van der Waals surface area contributed by atoms with Crippen LogP contribution >= 0.6 is 27.7 Å². The maximum absolute atomic E-state index is 12.1. The Labute approximate surface area is 143 Å². The number of aliphatic imine (C=N–C) groups is 1. The lowest BCUT2D eigenvalue weighted by molar-refractivity contribution is 0.410. The Morgan fingerprint density at radius 1 is 1.35 bits per heavy atom. The van der Waals surface area contributed by atoms with Gasteiger partial charge in [-0.15, -0.1) is 0 Å². The van der Waals surface area contributed by atoms with Gasteiger partial charge in [-0.05, 0) is 45.9 Å². The highest BCUT2D eigenvalue weighted by atomic mass is 79.9. The molecule has 0 aliphatic carbocycles. The SMILES string of the molecule is Cn1c(O)c(C=Nc2ccc(SC#N)cc2Br)c(=O)n(C)c1=O. The number of aromatic nitrogens is 2. The number of hydrogen-bond acceptors (Lipinski definition) is 6. The summed E-state index contributed by atoms with van der Waals surface area (Å²) in [5, 5.41) is 20.6. The van der Waals surface area contributed by atoms with Crippen molar-refractivity contribution in [2.75, 3.05) is 0 Å². The molecule has 1 N–H and O–H groups in total. The van der Waals surface area contributed by atoms with Gasteiger partial charge in [-0.25, -0.2) is 4.79 Å². The average Bonchev–Trinajstić information content (AvgIpc) is 2.53. The molecule has 0 fully saturated rings. The van der Waals surface area contributed by atoms with E-state index in [9.17, 15) is 14.7 Å². The molecular weight excluding hydrogens is 384 g/mol. The lowest BCUT2D eigenvalue weighted by Crippen LogP contribution is -2.38. The maximum Gasteiger partial charge on any atom is 0.333 e. The lowest BCUT2D eigenvalue weighted by atomic mass is 10.3. The van der Waals surface area contributed by atoms with E-state index in [1.807, 2.05) is 5.40 Å². The Bertz CT molecular complexity index is 956. The predicted molar refractivity (Wildman–Crippen MR) is 91.5 cm³/mol. The van der Waals surface area contributed by atoms with Crippen LogP contribution in [0.4, 0.5) is 5.69 Å². The fourth-order valence-electron chi connectivity index (χ4n) is 1.82. The third-order valence-corrected chi connectivity index (χ3v) is 4.30. The standard InChI is InChI=1S/C14H11BrN4O3S/c1-18-12(20)9(13(21)19(2)14(18)22)6-17-11-4-3-8(23-7-16)5-10(11)15/h3-6,20H,1-2H3. The molecule has 0 amide bonds. The second-order valence-electron chi connectivity index (χ2n) is 4.51. The van der Waals surface area contributed by atoms with Crippen molar-refractivity contribution in [1.82, 2.24) is 9.13 Å². The normalized spacial score (nSPS) is 10.9. The van der Waals surface area contributed by atoms with Crippen LogP contribution in [0.25, 0.3) is 0 Å². The Kier molecular flexibility index (Phi) is 5.08. The largest absolute Gasteiger partial charge is 0.494 e. The molecule has 1 heterocycles. The number of aromatic hydroxyl groups is 1. The molecule has 2 aromatic rings. The number of benzene rings is 1. The van der Waals surface area contributed by atoms with Crippen LogP contribution in [-0.4, -0.2) is 20.5 Å². The summed E-state index contributed by atoms with van der Waals surface area (Å²) >= 11 is 4.35. The zero-order valence-electron chi connectivity index (χ0n) is 12.1. The van der Waals surface area contributed by atoms with Crippen LogP contribution in [-0.2, 0) is 14.1 Å². The predicted octanol–water partition coefficient (Wildman–Crippen LogP) is 1.88. The highest BCUT2D eigenvalue weighted by Crippen LogP contribution is 2.30. The van der Waals surface area contributed by atoms with Crippen LogP contribution < -0.4 is 11.2 Å². The summed E-state index contributed by atoms with van der Waals surface area (Å²) in [6.07, 6.45) is 1.20. The van der Waals surface area contributed by atoms with Crippen molar-refractivity contribution in [2.45, 2.75) is 4.90 Å². The van der Waals surface area contributed by atoms with Gasteiger partial charge in [-0.1, -0.05) is 0 Å². The monoisotopic (exact) mass is 394 g/mol. The van der Waals surface area contributed by atoms with Crippen LogP contribution in [0.1, 0.15) is 5.56 Å². The van der Waals surface area contributed by atoms with Gasteiger partial charge < -0.3 is 5.11 Å². The van der Waals surface area contributed by atoms with Gasteiger partial charge in [0, 0.05) is 29.7 Å². The highest BCUT2D eigenvalue weighted by Gasteiger charge is 2.13. The molecule has 0 atom stereocenters. The van der Waals surface area contributed by atoms with Crippen LogP contribution in [0.3, 0.4) is 0 Å². The summed E-state index contributed by atoms with van der Waals surface area (Å²) in [4.78, 5) is 28.6. The van der Waals surface area contributed by atoms with Gasteiger partial charge in [-0.3, -0.25) is 18.9 Å². The van der Waals surface area contributed by atoms with E-state index in [1.165, 1.54) is 20.3 Å². The fourth-order valence-corrected chi connectivity index (χ4v) is 2.87. The molecule has 118 valence electrons. The summed E-state index contributed by atoms with van der Waals surface area (Å²) in [6.45, 7) is 0. The Morgan fingerprint density at radius 2 is 2.04 bits per heavy atom. The molecule has 0 spiro atoms. The summed E-state index contributed by atoms with van der Waals surface area (Å²) in [5.41, 5.74) is -0.828. The third-order valence-electron chi connectivity index (χ3n) is 3.08. The molecule has 2 rings (SSSR count). The molecule has 0 saturated carbocycles. The van der Waals surface area contributed by atoms with Gasteiger partial charge in [-0.2, -0.15) is 5.26 Å². The van der Waals surface area contributed by atoms with E-state index in [1.54, 1.807) is 18.2 Å². The molecule has 0 radical (unpaired) electrons. The quantitative estimate of drug-likeness (QED) is 0.486. The summed E-state index contributed by atoms with van der Waals surface area (Å²) in [7, 11) is 2.68. The third kappa shape index (κ3) is 3.38. The van der Waals surface area contributed by atoms with Crippen molar-refractivity contribution >= 4 is 39.6 Å². The van der Waals surface area contributed by atoms with E-state index in [0.29, 0.717) is 10.2 Å². The van der Waals surface area contributed by atoms with Gasteiger partial charge in [0.15, 0.2) is 0 Å². The molecule has 9 heteroatoms. The topological polar surface area (TPSA) is 100 Å². The number of thiocyanates is 1. The van der Waals surface area contributed by atoms with Crippen LogP contribution in [0.15, 0.2) is 42.1 Å². The second kappa shape index (κ2) is 6.85. The molecule has 7 nitrogen and oxygen atoms in total. The van der Waals surface area contributed by atoms with E-state index in [0.717, 1.165) is 25.8 Å². The minimum atomic E-state index is -0.637. The van der Waals surface area contributed by atoms with Crippen molar-refractivity contribution in [3.05, 3.63) is 49.1 Å². The Morgan fingerprint density at radius 3 is 2.65 bits per heavy atom. The van der Waals surface area contributed by atoms with Crippen LogP contribution in [0.2, 0.25) is 0 Å². The Hall–Kier alpha value is -2.31. The smallest absolute Gasteiger partial charge is 0.333 e. The van der Waals surface area contributed by atoms with Gasteiger partial charge >= 0.3 is 5.69 Å². The van der Waals surface area contributed by atoms with Gasteiger partial charge in [0.05, 0.1) is 5.69 Å². The van der Waals surface area contributed by atoms with Gasteiger partial charge in [0.25, 0.3) is 5.56 Å². The zero-order valence-corrected chi connectivity index (χ0v) is 14.6. The maximum atomic E-state index is 12.1. The highest BCUT2D eigenvalue weighted by molar-refractivity contribution is 9.10. The first-order chi connectivity index (χ1) is 10.9. The first-order valence-electron chi connectivity index (χ1n) is 6.25. The van der Waals surface area contributed by atoms with E-state index in [4.69, 9.17) is 5.26 Å². The van der Waals surface area contributed by atoms with E-state index < -0.39 is 17.1 Å². The summed E-state index contributed by atoms with van der Waals surface area (Å²) in [6, 6.07) is 5.10. The van der Waals surface area contributed by atoms with Crippen LogP contribution in [0, 0.1) is 10.7 Å². The molecular formula is C14H11BrN4O3S. The number of nitrogens with zero attached hydrogens (tertiary/aromatic N) is 4. The van der Waals surface area contributed by atoms with E-state index in [-0.39, 0.29) is 5.56 Å². The molecule has 0 saturated heterocycles. The van der Waals surface area contributed by atoms with E-state index >= 15 is 0 Å². The van der Waals surface area contributed by atoms with Gasteiger partial charge in [0.2, 0.25) is 5.88 Å². The van der Waals surface area contributed by atoms with Crippen molar-refractivity contribution in [3.8, 4) is 11.3 Å². The van der Waals surface area contributed by atoms with Crippen LogP contribution in [0.5, 0.6) is 5.88 Å². The minimum absolute atomic E-state index is 0.0861. The fraction of sp³-hybridized carbons (Fsp3) is 0.143. The van der Waals surface area contributed by atoms with Crippen molar-refractivity contribution < 1.29 is 5.11 Å². The minimum Gasteiger partial charge on any atom is -0.494 e. The molecule has 1 aromatic heterocycles. The number of nitriles is 1. The summed E-state index contributed by atoms with van der Waals surface area (Å²) < 4.78 is 2.49. The number of rotatable bonds is 3. The number of thioether (sulfide) groups is 1. The molecule has 0 aliphatic heterocycles. The Balaban J connectivity index is 2.48. The van der Waals surface area contributed by atoms with Crippen molar-refractivity contribution in [2.24, 2.45) is 19.1 Å². The summed E-state index contributed by atoms with van der Waals surface area (Å²) in [5.74, 6) is -0.449.